The van der Waals surface area contributed by atoms with Crippen LogP contribution in [0.1, 0.15) is 23.9 Å². The van der Waals surface area contributed by atoms with Crippen LogP contribution in [0.3, 0.4) is 0 Å². The fourth-order valence-corrected chi connectivity index (χ4v) is 2.75. The van der Waals surface area contributed by atoms with Gasteiger partial charge in [0, 0.05) is 25.2 Å². The van der Waals surface area contributed by atoms with Crippen LogP contribution in [-0.4, -0.2) is 15.8 Å². The van der Waals surface area contributed by atoms with Gasteiger partial charge in [-0.2, -0.15) is 16.4 Å². The number of thiophene rings is 1. The topological polar surface area (TPSA) is 55.9 Å². The molecule has 2 aromatic heterocycles. The van der Waals surface area contributed by atoms with Crippen LogP contribution in [0.5, 0.6) is 0 Å². The van der Waals surface area contributed by atoms with E-state index in [1.54, 1.807) is 11.3 Å². The molecule has 0 aliphatic rings. The Morgan fingerprint density at radius 3 is 2.89 bits per heavy atom. The molecular formula is C13H20N4S. The van der Waals surface area contributed by atoms with Crippen molar-refractivity contribution in [3.05, 3.63) is 39.8 Å². The van der Waals surface area contributed by atoms with Crippen LogP contribution in [-0.2, 0) is 26.3 Å². The molecule has 2 aromatic rings. The van der Waals surface area contributed by atoms with Gasteiger partial charge in [0.1, 0.15) is 0 Å². The highest BCUT2D eigenvalue weighted by atomic mass is 32.1. The average molecular weight is 264 g/mol. The highest BCUT2D eigenvalue weighted by Gasteiger charge is 2.12. The molecule has 5 heteroatoms. The number of hydrazine groups is 1. The van der Waals surface area contributed by atoms with Gasteiger partial charge in [-0.25, -0.2) is 0 Å². The predicted octanol–water partition coefficient (Wildman–Crippen LogP) is 1.66. The summed E-state index contributed by atoms with van der Waals surface area (Å²) in [7, 11) is 1.99. The highest BCUT2D eigenvalue weighted by Crippen LogP contribution is 2.12. The zero-order valence-electron chi connectivity index (χ0n) is 10.9. The minimum absolute atomic E-state index is 0.250. The van der Waals surface area contributed by atoms with Gasteiger partial charge in [0.15, 0.2) is 0 Å². The molecule has 0 saturated carbocycles. The van der Waals surface area contributed by atoms with Gasteiger partial charge in [-0.05, 0) is 41.3 Å². The van der Waals surface area contributed by atoms with Gasteiger partial charge in [-0.3, -0.25) is 16.0 Å². The van der Waals surface area contributed by atoms with Crippen LogP contribution in [0.2, 0.25) is 0 Å². The van der Waals surface area contributed by atoms with E-state index < -0.39 is 0 Å². The van der Waals surface area contributed by atoms with E-state index in [-0.39, 0.29) is 6.04 Å². The Bertz CT molecular complexity index is 475. The first-order valence-electron chi connectivity index (χ1n) is 6.22. The van der Waals surface area contributed by atoms with Gasteiger partial charge in [-0.1, -0.05) is 6.92 Å². The zero-order chi connectivity index (χ0) is 13.0. The van der Waals surface area contributed by atoms with E-state index in [4.69, 9.17) is 5.84 Å². The van der Waals surface area contributed by atoms with Crippen molar-refractivity contribution in [3.8, 4) is 0 Å². The molecule has 0 spiro atoms. The van der Waals surface area contributed by atoms with Gasteiger partial charge in [0.05, 0.1) is 5.69 Å². The van der Waals surface area contributed by atoms with Crippen molar-refractivity contribution in [1.29, 1.82) is 0 Å². The fraction of sp³-hybridized carbons (Fsp3) is 0.462. The lowest BCUT2D eigenvalue weighted by Gasteiger charge is -2.15. The van der Waals surface area contributed by atoms with Crippen LogP contribution in [0.15, 0.2) is 22.9 Å². The Morgan fingerprint density at radius 2 is 2.33 bits per heavy atom. The van der Waals surface area contributed by atoms with Gasteiger partial charge in [0.25, 0.3) is 0 Å². The molecule has 2 heterocycles. The summed E-state index contributed by atoms with van der Waals surface area (Å²) in [5, 5.41) is 8.73. The number of aryl methyl sites for hydroxylation is 2. The third-order valence-corrected chi connectivity index (χ3v) is 3.88. The summed E-state index contributed by atoms with van der Waals surface area (Å²) in [6.07, 6.45) is 2.82. The van der Waals surface area contributed by atoms with Crippen molar-refractivity contribution in [2.24, 2.45) is 12.9 Å². The summed E-state index contributed by atoms with van der Waals surface area (Å²) in [6, 6.07) is 4.56. The van der Waals surface area contributed by atoms with Crippen LogP contribution in [0, 0.1) is 0 Å². The normalized spacial score (nSPS) is 12.8. The number of nitrogens with zero attached hydrogens (tertiary/aromatic N) is 2. The molecule has 3 N–H and O–H groups in total. The van der Waals surface area contributed by atoms with Crippen molar-refractivity contribution >= 4 is 11.3 Å². The Kier molecular flexibility index (Phi) is 4.52. The maximum Gasteiger partial charge on any atom is 0.0624 e. The molecule has 2 rings (SSSR count). The predicted molar refractivity (Wildman–Crippen MR) is 75.4 cm³/mol. The summed E-state index contributed by atoms with van der Waals surface area (Å²) < 4.78 is 1.96. The van der Waals surface area contributed by atoms with Crippen molar-refractivity contribution < 1.29 is 0 Å². The van der Waals surface area contributed by atoms with Gasteiger partial charge < -0.3 is 0 Å². The first-order valence-corrected chi connectivity index (χ1v) is 7.16. The van der Waals surface area contributed by atoms with Crippen molar-refractivity contribution in [3.63, 3.8) is 0 Å². The summed E-state index contributed by atoms with van der Waals surface area (Å²) >= 11 is 1.72. The van der Waals surface area contributed by atoms with E-state index in [0.29, 0.717) is 0 Å². The molecule has 0 saturated heterocycles. The van der Waals surface area contributed by atoms with E-state index in [0.717, 1.165) is 25.0 Å². The monoisotopic (exact) mass is 264 g/mol. The number of nitrogens with one attached hydrogen (secondary N) is 1. The lowest BCUT2D eigenvalue weighted by Crippen LogP contribution is -2.38. The average Bonchev–Trinajstić information content (AvgIpc) is 2.99. The maximum absolute atomic E-state index is 5.65. The summed E-state index contributed by atoms with van der Waals surface area (Å²) in [6.45, 7) is 2.12. The Balaban J connectivity index is 2.03. The number of hydrogen-bond acceptors (Lipinski definition) is 4. The molecule has 98 valence electrons. The molecule has 0 amide bonds. The van der Waals surface area contributed by atoms with E-state index in [9.17, 15) is 0 Å². The van der Waals surface area contributed by atoms with Gasteiger partial charge >= 0.3 is 0 Å². The molecule has 0 aliphatic heterocycles. The summed E-state index contributed by atoms with van der Waals surface area (Å²) in [4.78, 5) is 0. The Morgan fingerprint density at radius 1 is 1.50 bits per heavy atom. The van der Waals surface area contributed by atoms with Crippen molar-refractivity contribution in [2.75, 3.05) is 0 Å². The van der Waals surface area contributed by atoms with E-state index in [2.05, 4.69) is 40.3 Å². The lowest BCUT2D eigenvalue weighted by molar-refractivity contribution is 0.505. The second-order valence-corrected chi connectivity index (χ2v) is 5.29. The maximum atomic E-state index is 5.65. The van der Waals surface area contributed by atoms with Gasteiger partial charge in [0.2, 0.25) is 0 Å². The highest BCUT2D eigenvalue weighted by molar-refractivity contribution is 7.07. The third-order valence-electron chi connectivity index (χ3n) is 3.14. The first kappa shape index (κ1) is 13.3. The molecule has 0 aliphatic carbocycles. The molecule has 0 radical (unpaired) electrons. The Hall–Kier alpha value is -1.17. The quantitative estimate of drug-likeness (QED) is 0.616. The lowest BCUT2D eigenvalue weighted by atomic mass is 10.0. The largest absolute Gasteiger partial charge is 0.272 e. The van der Waals surface area contributed by atoms with Crippen LogP contribution >= 0.6 is 11.3 Å². The second kappa shape index (κ2) is 6.13. The van der Waals surface area contributed by atoms with Crippen LogP contribution in [0.25, 0.3) is 0 Å². The standard InChI is InChI=1S/C13H20N4S/c1-3-11-7-13(17(2)16-11)8-12(15-14)6-10-4-5-18-9-10/h4-5,7,9,12,15H,3,6,8,14H2,1-2H3. The van der Waals surface area contributed by atoms with Crippen LogP contribution in [0.4, 0.5) is 0 Å². The third kappa shape index (κ3) is 3.19. The molecule has 1 atom stereocenters. The zero-order valence-corrected chi connectivity index (χ0v) is 11.7. The van der Waals surface area contributed by atoms with E-state index in [1.165, 1.54) is 11.3 Å². The van der Waals surface area contributed by atoms with E-state index in [1.807, 2.05) is 11.7 Å². The Labute approximate surface area is 112 Å². The number of rotatable bonds is 6. The molecule has 0 aromatic carbocycles. The fourth-order valence-electron chi connectivity index (χ4n) is 2.07. The summed E-state index contributed by atoms with van der Waals surface area (Å²) in [5.74, 6) is 5.65. The van der Waals surface area contributed by atoms with Gasteiger partial charge in [-0.15, -0.1) is 0 Å². The molecule has 0 fully saturated rings. The SMILES string of the molecule is CCc1cc(CC(Cc2ccsc2)NN)n(C)n1. The number of hydrogen-bond donors (Lipinski definition) is 2. The van der Waals surface area contributed by atoms with Crippen molar-refractivity contribution in [1.82, 2.24) is 15.2 Å². The summed E-state index contributed by atoms with van der Waals surface area (Å²) in [5.41, 5.74) is 6.61. The first-order chi connectivity index (χ1) is 8.72. The minimum Gasteiger partial charge on any atom is -0.272 e. The minimum atomic E-state index is 0.250. The van der Waals surface area contributed by atoms with E-state index >= 15 is 0 Å². The molecule has 1 unspecified atom stereocenters. The molecule has 0 bridgehead atoms. The number of aromatic nitrogens is 2. The molecule has 4 nitrogen and oxygen atoms in total. The van der Waals surface area contributed by atoms with Crippen LogP contribution < -0.4 is 11.3 Å². The van der Waals surface area contributed by atoms with Crippen molar-refractivity contribution in [2.45, 2.75) is 32.2 Å². The molecular weight excluding hydrogens is 244 g/mol. The second-order valence-electron chi connectivity index (χ2n) is 4.51. The smallest absolute Gasteiger partial charge is 0.0624 e. The number of nitrogens with two attached hydrogens (primary N) is 1. The molecule has 18 heavy (non-hydrogen) atoms.